The number of carbonyl (C=O) groups is 4. The minimum atomic E-state index is -1.12. The molecule has 0 spiro atoms. The maximum absolute atomic E-state index is 10.9. The van der Waals surface area contributed by atoms with Gasteiger partial charge in [0.15, 0.2) is 0 Å². The largest absolute Gasteiger partial charge is 0.478 e. The second-order valence-corrected chi connectivity index (χ2v) is 8.54. The Bertz CT molecular complexity index is 1570. The molecule has 0 aromatic heterocycles. The summed E-state index contributed by atoms with van der Waals surface area (Å²) in [7, 11) is 0. The Labute approximate surface area is 309 Å². The Morgan fingerprint density at radius 3 is 0.750 bits per heavy atom. The highest BCUT2D eigenvalue weighted by Crippen LogP contribution is 2.15. The van der Waals surface area contributed by atoms with E-state index in [9.17, 15) is 19.2 Å². The summed E-state index contributed by atoms with van der Waals surface area (Å²) in [5, 5.41) is 35.6. The Morgan fingerprint density at radius 1 is 0.365 bits per heavy atom. The molecule has 0 saturated carbocycles. The van der Waals surface area contributed by atoms with Crippen LogP contribution in [-0.4, -0.2) is 44.3 Å². The standard InChI is InChI=1S/C34H22O8.5C2H6/c35-31(36)13-9-27-17-25(18-28(21-27)10-14-32(37)38)7-5-23-1-2-24(4-3-23)6-8-26-19-29(11-15-33(39)40)22-30(20-26)12-16-34(41)42;5*1-2/h1-4,9-22H,(H,35,36)(H,37,38)(H,39,40)(H,41,42);5*1-2H3/b13-9+,14-10+,15-11+,16-12+;;;;;. The van der Waals surface area contributed by atoms with Crippen LogP contribution < -0.4 is 0 Å². The third-order valence-electron chi connectivity index (χ3n) is 5.22. The lowest BCUT2D eigenvalue weighted by Crippen LogP contribution is -1.89. The molecule has 8 heteroatoms. The van der Waals surface area contributed by atoms with Crippen molar-refractivity contribution in [3.05, 3.63) is 129 Å². The molecule has 3 rings (SSSR count). The van der Waals surface area contributed by atoms with Crippen LogP contribution in [0.4, 0.5) is 0 Å². The van der Waals surface area contributed by atoms with Crippen LogP contribution in [0.3, 0.4) is 0 Å². The van der Waals surface area contributed by atoms with E-state index in [2.05, 4.69) is 23.7 Å². The summed E-state index contributed by atoms with van der Waals surface area (Å²) in [4.78, 5) is 43.6. The first-order valence-corrected chi connectivity index (χ1v) is 17.1. The zero-order valence-corrected chi connectivity index (χ0v) is 31.8. The Hall–Kier alpha value is -6.38. The molecule has 0 amide bonds. The molecule has 0 saturated heterocycles. The normalized spacial score (nSPS) is 9.35. The van der Waals surface area contributed by atoms with Crippen molar-refractivity contribution in [1.82, 2.24) is 0 Å². The lowest BCUT2D eigenvalue weighted by molar-refractivity contribution is -0.132. The molecule has 0 atom stereocenters. The van der Waals surface area contributed by atoms with Crippen LogP contribution in [0.2, 0.25) is 0 Å². The topological polar surface area (TPSA) is 149 Å². The van der Waals surface area contributed by atoms with Gasteiger partial charge in [0.05, 0.1) is 0 Å². The van der Waals surface area contributed by atoms with Crippen molar-refractivity contribution in [2.75, 3.05) is 0 Å². The number of aliphatic carboxylic acids is 4. The molecular formula is C44H52O8. The van der Waals surface area contributed by atoms with Gasteiger partial charge >= 0.3 is 23.9 Å². The molecule has 8 nitrogen and oxygen atoms in total. The molecule has 0 heterocycles. The van der Waals surface area contributed by atoms with Gasteiger partial charge in [-0.15, -0.1) is 0 Å². The van der Waals surface area contributed by atoms with Crippen molar-refractivity contribution in [3.8, 4) is 23.7 Å². The van der Waals surface area contributed by atoms with Crippen LogP contribution in [0.25, 0.3) is 24.3 Å². The van der Waals surface area contributed by atoms with Crippen LogP contribution in [0.5, 0.6) is 0 Å². The van der Waals surface area contributed by atoms with Gasteiger partial charge in [-0.05, 0) is 107 Å². The third-order valence-corrected chi connectivity index (χ3v) is 5.22. The lowest BCUT2D eigenvalue weighted by Gasteiger charge is -2.00. The third kappa shape index (κ3) is 23.9. The minimum absolute atomic E-state index is 0.545. The first kappa shape index (κ1) is 50.0. The maximum atomic E-state index is 10.9. The molecule has 0 bridgehead atoms. The second-order valence-electron chi connectivity index (χ2n) is 8.54. The van der Waals surface area contributed by atoms with E-state index in [4.69, 9.17) is 20.4 Å². The van der Waals surface area contributed by atoms with Crippen molar-refractivity contribution in [2.24, 2.45) is 0 Å². The van der Waals surface area contributed by atoms with Crippen LogP contribution in [0.15, 0.2) is 85.0 Å². The molecule has 4 N–H and O–H groups in total. The molecule has 0 unspecified atom stereocenters. The number of hydrogen-bond donors (Lipinski definition) is 4. The molecule has 3 aromatic carbocycles. The zero-order chi connectivity index (χ0) is 40.5. The fraction of sp³-hybridized carbons (Fsp3) is 0.227. The molecule has 0 radical (unpaired) electrons. The average Bonchev–Trinajstić information content (AvgIpc) is 3.17. The highest BCUT2D eigenvalue weighted by Gasteiger charge is 2.00. The van der Waals surface area contributed by atoms with Crippen molar-refractivity contribution < 1.29 is 39.6 Å². The van der Waals surface area contributed by atoms with E-state index in [-0.39, 0.29) is 0 Å². The van der Waals surface area contributed by atoms with Gasteiger partial charge < -0.3 is 20.4 Å². The van der Waals surface area contributed by atoms with E-state index in [1.165, 1.54) is 24.3 Å². The molecule has 3 aromatic rings. The van der Waals surface area contributed by atoms with E-state index in [1.807, 2.05) is 69.2 Å². The second kappa shape index (κ2) is 31.9. The van der Waals surface area contributed by atoms with Gasteiger partial charge in [-0.3, -0.25) is 0 Å². The minimum Gasteiger partial charge on any atom is -0.478 e. The summed E-state index contributed by atoms with van der Waals surface area (Å²) < 4.78 is 0. The SMILES string of the molecule is CC.CC.CC.CC.CC.O=C(O)/C=C/c1cc(C#Cc2ccc(C#Cc3cc(/C=C/C(=O)O)cc(/C=C/C(=O)O)c3)cc2)cc(/C=C/C(=O)O)c1. The summed E-state index contributed by atoms with van der Waals surface area (Å²) in [6.07, 6.45) is 9.48. The fourth-order valence-corrected chi connectivity index (χ4v) is 3.48. The molecule has 0 aliphatic heterocycles. The predicted molar refractivity (Wildman–Crippen MR) is 215 cm³/mol. The summed E-state index contributed by atoms with van der Waals surface area (Å²) in [5.74, 6) is 7.58. The van der Waals surface area contributed by atoms with Gasteiger partial charge in [0.1, 0.15) is 0 Å². The van der Waals surface area contributed by atoms with Crippen LogP contribution in [0, 0.1) is 23.7 Å². The van der Waals surface area contributed by atoms with Crippen LogP contribution in [-0.2, 0) is 19.2 Å². The van der Waals surface area contributed by atoms with Crippen LogP contribution >= 0.6 is 0 Å². The summed E-state index contributed by atoms with van der Waals surface area (Å²) in [6.45, 7) is 20.0. The Kier molecular flexibility index (Phi) is 30.6. The van der Waals surface area contributed by atoms with Gasteiger partial charge in [-0.2, -0.15) is 0 Å². The number of carboxylic acids is 4. The molecule has 0 fully saturated rings. The van der Waals surface area contributed by atoms with Gasteiger partial charge in [-0.1, -0.05) is 92.9 Å². The monoisotopic (exact) mass is 708 g/mol. The van der Waals surface area contributed by atoms with Crippen molar-refractivity contribution in [1.29, 1.82) is 0 Å². The summed E-state index contributed by atoms with van der Waals surface area (Å²) in [5.41, 5.74) is 4.65. The number of hydrogen-bond acceptors (Lipinski definition) is 4. The van der Waals surface area contributed by atoms with Gasteiger partial charge in [0, 0.05) is 46.6 Å². The molecule has 0 aliphatic carbocycles. The first-order chi connectivity index (χ1) is 25.0. The quantitative estimate of drug-likeness (QED) is 0.133. The summed E-state index contributed by atoms with van der Waals surface area (Å²) in [6, 6.07) is 17.1. The van der Waals surface area contributed by atoms with Crippen molar-refractivity contribution >= 4 is 48.2 Å². The average molecular weight is 709 g/mol. The van der Waals surface area contributed by atoms with E-state index in [0.717, 1.165) is 24.3 Å². The van der Waals surface area contributed by atoms with E-state index < -0.39 is 23.9 Å². The van der Waals surface area contributed by atoms with Gasteiger partial charge in [-0.25, -0.2) is 19.2 Å². The predicted octanol–water partition coefficient (Wildman–Crippen LogP) is 10.0. The molecule has 276 valence electrons. The zero-order valence-electron chi connectivity index (χ0n) is 31.8. The van der Waals surface area contributed by atoms with Crippen molar-refractivity contribution in [2.45, 2.75) is 69.2 Å². The highest BCUT2D eigenvalue weighted by molar-refractivity contribution is 5.88. The summed E-state index contributed by atoms with van der Waals surface area (Å²) >= 11 is 0. The van der Waals surface area contributed by atoms with E-state index in [1.54, 1.807) is 60.7 Å². The van der Waals surface area contributed by atoms with E-state index >= 15 is 0 Å². The smallest absolute Gasteiger partial charge is 0.328 e. The number of benzene rings is 3. The Balaban J connectivity index is -0.00000220. The maximum Gasteiger partial charge on any atom is 0.328 e. The number of carboxylic acid groups (broad SMARTS) is 4. The Morgan fingerprint density at radius 2 is 0.558 bits per heavy atom. The van der Waals surface area contributed by atoms with Crippen LogP contribution in [0.1, 0.15) is 114 Å². The highest BCUT2D eigenvalue weighted by atomic mass is 16.4. The van der Waals surface area contributed by atoms with Crippen molar-refractivity contribution in [3.63, 3.8) is 0 Å². The fourth-order valence-electron chi connectivity index (χ4n) is 3.48. The molecular weight excluding hydrogens is 656 g/mol. The lowest BCUT2D eigenvalue weighted by atomic mass is 10.0. The molecule has 0 aliphatic rings. The first-order valence-electron chi connectivity index (χ1n) is 17.1. The molecule has 52 heavy (non-hydrogen) atoms. The van der Waals surface area contributed by atoms with Gasteiger partial charge in [0.25, 0.3) is 0 Å². The van der Waals surface area contributed by atoms with E-state index in [0.29, 0.717) is 44.5 Å². The number of rotatable bonds is 8. The van der Waals surface area contributed by atoms with Gasteiger partial charge in [0.2, 0.25) is 0 Å².